The van der Waals surface area contributed by atoms with Crippen LogP contribution in [0.15, 0.2) is 36.0 Å². The number of hydrogen-bond acceptors (Lipinski definition) is 7. The Morgan fingerprint density at radius 1 is 1.07 bits per heavy atom. The Morgan fingerprint density at radius 3 is 2.56 bits per heavy atom. The fourth-order valence-electron chi connectivity index (χ4n) is 3.03. The van der Waals surface area contributed by atoms with E-state index in [4.69, 9.17) is 0 Å². The van der Waals surface area contributed by atoms with E-state index in [1.54, 1.807) is 18.5 Å². The first kappa shape index (κ1) is 19.4. The molecule has 1 aliphatic heterocycles. The van der Waals surface area contributed by atoms with E-state index < -0.39 is 0 Å². The van der Waals surface area contributed by atoms with Gasteiger partial charge in [-0.05, 0) is 30.5 Å². The van der Waals surface area contributed by atoms with Crippen LogP contribution in [-0.4, -0.2) is 65.8 Å². The second-order valence-corrected chi connectivity index (χ2v) is 7.43. The number of anilines is 1. The van der Waals surface area contributed by atoms with Gasteiger partial charge in [0.1, 0.15) is 0 Å². The zero-order chi connectivity index (χ0) is 18.9. The van der Waals surface area contributed by atoms with E-state index in [1.807, 2.05) is 17.5 Å². The molecule has 1 amide bonds. The smallest absolute Gasteiger partial charge is 0.225 e. The van der Waals surface area contributed by atoms with Crippen LogP contribution in [0.5, 0.6) is 0 Å². The van der Waals surface area contributed by atoms with Crippen molar-refractivity contribution in [1.29, 1.82) is 0 Å². The van der Waals surface area contributed by atoms with E-state index >= 15 is 0 Å². The highest BCUT2D eigenvalue weighted by Gasteiger charge is 2.18. The van der Waals surface area contributed by atoms with Crippen LogP contribution in [0.3, 0.4) is 0 Å². The summed E-state index contributed by atoms with van der Waals surface area (Å²) in [6.07, 6.45) is 4.98. The molecular weight excluding hydrogens is 362 g/mol. The maximum absolute atomic E-state index is 11.9. The highest BCUT2D eigenvalue weighted by Crippen LogP contribution is 2.12. The van der Waals surface area contributed by atoms with Gasteiger partial charge in [0.05, 0.1) is 4.88 Å². The van der Waals surface area contributed by atoms with Gasteiger partial charge in [0.25, 0.3) is 0 Å². The number of nitrogens with zero attached hydrogens (tertiary/aromatic N) is 4. The minimum absolute atomic E-state index is 0.0421. The molecule has 144 valence electrons. The Morgan fingerprint density at radius 2 is 1.85 bits per heavy atom. The highest BCUT2D eigenvalue weighted by atomic mass is 32.1. The Hall–Kier alpha value is -2.32. The molecule has 2 aromatic rings. The van der Waals surface area contributed by atoms with Crippen molar-refractivity contribution in [2.75, 3.05) is 44.2 Å². The first-order valence-electron chi connectivity index (χ1n) is 9.30. The topological polar surface area (TPSA) is 78.4 Å². The van der Waals surface area contributed by atoms with Gasteiger partial charge >= 0.3 is 0 Å². The van der Waals surface area contributed by atoms with Crippen molar-refractivity contribution < 1.29 is 9.59 Å². The number of amides is 1. The molecule has 3 heterocycles. The summed E-state index contributed by atoms with van der Waals surface area (Å²) in [6, 6.07) is 5.48. The van der Waals surface area contributed by atoms with Gasteiger partial charge in [0.15, 0.2) is 5.78 Å². The van der Waals surface area contributed by atoms with Crippen molar-refractivity contribution in [3.8, 4) is 0 Å². The molecular formula is C19H25N5O2S. The number of thiophene rings is 1. The van der Waals surface area contributed by atoms with Gasteiger partial charge in [0.2, 0.25) is 11.9 Å². The molecule has 0 atom stereocenters. The van der Waals surface area contributed by atoms with Crippen LogP contribution in [0.4, 0.5) is 5.95 Å². The molecule has 0 aromatic carbocycles. The van der Waals surface area contributed by atoms with Crippen LogP contribution in [0, 0.1) is 0 Å². The maximum atomic E-state index is 11.9. The molecule has 0 saturated carbocycles. The predicted molar refractivity (Wildman–Crippen MR) is 106 cm³/mol. The third-order valence-corrected chi connectivity index (χ3v) is 5.47. The van der Waals surface area contributed by atoms with Gasteiger partial charge in [-0.2, -0.15) is 0 Å². The van der Waals surface area contributed by atoms with E-state index in [2.05, 4.69) is 25.1 Å². The van der Waals surface area contributed by atoms with E-state index in [0.717, 1.165) is 50.0 Å². The fraction of sp³-hybridized carbons (Fsp3) is 0.474. The first-order chi connectivity index (χ1) is 13.2. The third-order valence-electron chi connectivity index (χ3n) is 4.56. The van der Waals surface area contributed by atoms with Gasteiger partial charge in [0, 0.05) is 58.0 Å². The minimum Gasteiger partial charge on any atom is -0.356 e. The van der Waals surface area contributed by atoms with Gasteiger partial charge in [-0.1, -0.05) is 6.07 Å². The van der Waals surface area contributed by atoms with E-state index in [1.165, 1.54) is 11.3 Å². The lowest BCUT2D eigenvalue weighted by Crippen LogP contribution is -2.47. The van der Waals surface area contributed by atoms with Crippen molar-refractivity contribution in [3.63, 3.8) is 0 Å². The molecule has 1 saturated heterocycles. The summed E-state index contributed by atoms with van der Waals surface area (Å²) in [5.74, 6) is 0.785. The highest BCUT2D eigenvalue weighted by molar-refractivity contribution is 7.12. The predicted octanol–water partition coefficient (Wildman–Crippen LogP) is 1.83. The Balaban J connectivity index is 1.25. The molecule has 1 aliphatic rings. The molecule has 7 nitrogen and oxygen atoms in total. The Labute approximate surface area is 163 Å². The van der Waals surface area contributed by atoms with E-state index in [0.29, 0.717) is 6.54 Å². The Bertz CT molecular complexity index is 715. The van der Waals surface area contributed by atoms with Crippen molar-refractivity contribution in [1.82, 2.24) is 20.2 Å². The standard InChI is InChI=1S/C19H25N5O2S/c25-16(17-4-1-15-27-17)5-6-18(26)20-9-3-10-23-11-13-24(14-12-23)19-21-7-2-8-22-19/h1-2,4,7-8,15H,3,5-6,9-14H2,(H,20,26). The summed E-state index contributed by atoms with van der Waals surface area (Å²) in [6.45, 7) is 5.39. The quantitative estimate of drug-likeness (QED) is 0.522. The molecule has 0 bridgehead atoms. The molecule has 8 heteroatoms. The van der Waals surface area contributed by atoms with Crippen molar-refractivity contribution >= 4 is 29.0 Å². The number of hydrogen-bond donors (Lipinski definition) is 1. The molecule has 3 rings (SSSR count). The monoisotopic (exact) mass is 387 g/mol. The minimum atomic E-state index is -0.0500. The number of Topliss-reactive ketones (excluding diaryl/α,β-unsaturated/α-hetero) is 1. The van der Waals surface area contributed by atoms with Crippen LogP contribution in [0.1, 0.15) is 28.9 Å². The number of nitrogens with one attached hydrogen (secondary N) is 1. The Kier molecular flexibility index (Phi) is 7.29. The van der Waals surface area contributed by atoms with Crippen LogP contribution in [0.25, 0.3) is 0 Å². The average molecular weight is 388 g/mol. The molecule has 1 N–H and O–H groups in total. The molecule has 0 spiro atoms. The normalized spacial score (nSPS) is 14.9. The summed E-state index contributed by atoms with van der Waals surface area (Å²) in [7, 11) is 0. The van der Waals surface area contributed by atoms with Gasteiger partial charge in [-0.25, -0.2) is 9.97 Å². The zero-order valence-corrected chi connectivity index (χ0v) is 16.2. The number of aromatic nitrogens is 2. The number of carbonyl (C=O) groups excluding carboxylic acids is 2. The van der Waals surface area contributed by atoms with Crippen molar-refractivity contribution in [3.05, 3.63) is 40.8 Å². The van der Waals surface area contributed by atoms with Crippen molar-refractivity contribution in [2.24, 2.45) is 0 Å². The summed E-state index contributed by atoms with van der Waals surface area (Å²) >= 11 is 1.42. The summed E-state index contributed by atoms with van der Waals surface area (Å²) < 4.78 is 0. The molecule has 1 fully saturated rings. The molecule has 2 aromatic heterocycles. The lowest BCUT2D eigenvalue weighted by atomic mass is 10.2. The second-order valence-electron chi connectivity index (χ2n) is 6.48. The summed E-state index contributed by atoms with van der Waals surface area (Å²) in [4.78, 5) is 37.7. The van der Waals surface area contributed by atoms with Gasteiger partial charge < -0.3 is 10.2 Å². The molecule has 27 heavy (non-hydrogen) atoms. The van der Waals surface area contributed by atoms with Crippen LogP contribution in [-0.2, 0) is 4.79 Å². The van der Waals surface area contributed by atoms with Gasteiger partial charge in [-0.3, -0.25) is 14.5 Å². The summed E-state index contributed by atoms with van der Waals surface area (Å²) in [5.41, 5.74) is 0. The number of piperazine rings is 1. The molecule has 0 aliphatic carbocycles. The number of rotatable bonds is 9. The lowest BCUT2D eigenvalue weighted by Gasteiger charge is -2.34. The SMILES string of the molecule is O=C(CCC(=O)c1cccs1)NCCCN1CCN(c2ncccn2)CC1. The van der Waals surface area contributed by atoms with E-state index in [-0.39, 0.29) is 24.5 Å². The second kappa shape index (κ2) is 10.1. The average Bonchev–Trinajstić information content (AvgIpc) is 3.25. The number of ketones is 1. The maximum Gasteiger partial charge on any atom is 0.225 e. The largest absolute Gasteiger partial charge is 0.356 e. The van der Waals surface area contributed by atoms with Crippen LogP contribution in [0.2, 0.25) is 0 Å². The lowest BCUT2D eigenvalue weighted by molar-refractivity contribution is -0.121. The molecule has 0 radical (unpaired) electrons. The van der Waals surface area contributed by atoms with Crippen LogP contribution >= 0.6 is 11.3 Å². The number of carbonyl (C=O) groups is 2. The van der Waals surface area contributed by atoms with Crippen molar-refractivity contribution in [2.45, 2.75) is 19.3 Å². The van der Waals surface area contributed by atoms with Crippen LogP contribution < -0.4 is 10.2 Å². The zero-order valence-electron chi connectivity index (χ0n) is 15.3. The first-order valence-corrected chi connectivity index (χ1v) is 10.2. The van der Waals surface area contributed by atoms with Gasteiger partial charge in [-0.15, -0.1) is 11.3 Å². The van der Waals surface area contributed by atoms with E-state index in [9.17, 15) is 9.59 Å². The summed E-state index contributed by atoms with van der Waals surface area (Å²) in [5, 5.41) is 4.79. The third kappa shape index (κ3) is 6.11. The fourth-order valence-corrected chi connectivity index (χ4v) is 3.73. The molecule has 0 unspecified atom stereocenters.